The zero-order chi connectivity index (χ0) is 12.9. The fourth-order valence-corrected chi connectivity index (χ4v) is 1.18. The Hall–Kier alpha value is -2.12. The van der Waals surface area contributed by atoms with E-state index in [9.17, 15) is 19.2 Å². The molecule has 0 aromatic heterocycles. The van der Waals surface area contributed by atoms with E-state index in [1.165, 1.54) is 0 Å². The van der Waals surface area contributed by atoms with Crippen molar-refractivity contribution in [2.24, 2.45) is 11.8 Å². The van der Waals surface area contributed by atoms with Crippen LogP contribution in [0.1, 0.15) is 20.3 Å². The van der Waals surface area contributed by atoms with Crippen LogP contribution in [0.4, 0.5) is 0 Å². The van der Waals surface area contributed by atoms with Gasteiger partial charge in [0.2, 0.25) is 0 Å². The summed E-state index contributed by atoms with van der Waals surface area (Å²) in [4.78, 5) is 41.9. The summed E-state index contributed by atoms with van der Waals surface area (Å²) >= 11 is 0. The molecule has 8 nitrogen and oxygen atoms in total. The molecule has 98 valence electrons. The van der Waals surface area contributed by atoms with Crippen LogP contribution in [0.5, 0.6) is 0 Å². The lowest BCUT2D eigenvalue weighted by Crippen LogP contribution is -2.33. The SMILES string of the molecule is C.O=C(O)CC(C(=O)O)C(CC(=O)O)C(=O)O. The highest BCUT2D eigenvalue weighted by molar-refractivity contribution is 5.86. The molecule has 17 heavy (non-hydrogen) atoms. The van der Waals surface area contributed by atoms with Crippen LogP contribution in [0.2, 0.25) is 0 Å². The summed E-state index contributed by atoms with van der Waals surface area (Å²) in [6.45, 7) is 0. The van der Waals surface area contributed by atoms with Crippen molar-refractivity contribution in [3.8, 4) is 0 Å². The van der Waals surface area contributed by atoms with Crippen LogP contribution in [-0.4, -0.2) is 44.3 Å². The molecule has 8 heteroatoms. The first-order valence-electron chi connectivity index (χ1n) is 4.15. The van der Waals surface area contributed by atoms with Gasteiger partial charge < -0.3 is 20.4 Å². The maximum atomic E-state index is 10.6. The minimum atomic E-state index is -1.76. The van der Waals surface area contributed by atoms with Gasteiger partial charge in [0.15, 0.2) is 0 Å². The average Bonchev–Trinajstić information content (AvgIpc) is 2.09. The summed E-state index contributed by atoms with van der Waals surface area (Å²) in [6.07, 6.45) is -1.86. The summed E-state index contributed by atoms with van der Waals surface area (Å²) in [5.74, 6) is -9.79. The molecule has 0 saturated carbocycles. The highest BCUT2D eigenvalue weighted by Crippen LogP contribution is 2.20. The Bertz CT molecular complexity index is 289. The average molecular weight is 250 g/mol. The van der Waals surface area contributed by atoms with Crippen molar-refractivity contribution in [2.45, 2.75) is 20.3 Å². The monoisotopic (exact) mass is 250 g/mol. The maximum Gasteiger partial charge on any atom is 0.307 e. The zero-order valence-corrected chi connectivity index (χ0v) is 7.99. The van der Waals surface area contributed by atoms with Crippen molar-refractivity contribution >= 4 is 23.9 Å². The number of carboxylic acid groups (broad SMARTS) is 4. The first-order valence-corrected chi connectivity index (χ1v) is 4.15. The molecule has 0 saturated heterocycles. The molecule has 0 radical (unpaired) electrons. The molecule has 0 spiro atoms. The fourth-order valence-electron chi connectivity index (χ4n) is 1.18. The normalized spacial score (nSPS) is 12.9. The Kier molecular flexibility index (Phi) is 7.32. The molecular weight excluding hydrogens is 236 g/mol. The van der Waals surface area contributed by atoms with Gasteiger partial charge in [-0.2, -0.15) is 0 Å². The Morgan fingerprint density at radius 2 is 0.941 bits per heavy atom. The van der Waals surface area contributed by atoms with Gasteiger partial charge >= 0.3 is 23.9 Å². The van der Waals surface area contributed by atoms with E-state index < -0.39 is 48.6 Å². The first kappa shape index (κ1) is 17.3. The number of hydrogen-bond donors (Lipinski definition) is 4. The number of rotatable bonds is 7. The number of aliphatic carboxylic acids is 4. The second kappa shape index (κ2) is 7.20. The minimum Gasteiger partial charge on any atom is -0.481 e. The van der Waals surface area contributed by atoms with Crippen molar-refractivity contribution in [3.63, 3.8) is 0 Å². The van der Waals surface area contributed by atoms with Crippen LogP contribution < -0.4 is 0 Å². The third-order valence-electron chi connectivity index (χ3n) is 1.91. The molecular formula is C9H14O8. The van der Waals surface area contributed by atoms with Crippen LogP contribution >= 0.6 is 0 Å². The summed E-state index contributed by atoms with van der Waals surface area (Å²) in [7, 11) is 0. The topological polar surface area (TPSA) is 149 Å². The Labute approximate surface area is 96.5 Å². The highest BCUT2D eigenvalue weighted by Gasteiger charge is 2.36. The van der Waals surface area contributed by atoms with Gasteiger partial charge in [-0.15, -0.1) is 0 Å². The van der Waals surface area contributed by atoms with Crippen molar-refractivity contribution in [2.75, 3.05) is 0 Å². The zero-order valence-electron chi connectivity index (χ0n) is 7.99. The smallest absolute Gasteiger partial charge is 0.307 e. The number of carbonyl (C=O) groups is 4. The lowest BCUT2D eigenvalue weighted by molar-refractivity contribution is -0.160. The molecule has 0 aliphatic rings. The predicted molar refractivity (Wildman–Crippen MR) is 53.5 cm³/mol. The molecule has 0 bridgehead atoms. The number of carboxylic acids is 4. The molecule has 0 aromatic carbocycles. The van der Waals surface area contributed by atoms with Crippen molar-refractivity contribution in [1.82, 2.24) is 0 Å². The van der Waals surface area contributed by atoms with Crippen molar-refractivity contribution < 1.29 is 39.6 Å². The maximum absolute atomic E-state index is 10.6. The lowest BCUT2D eigenvalue weighted by atomic mass is 9.87. The van der Waals surface area contributed by atoms with Gasteiger partial charge in [0.05, 0.1) is 24.7 Å². The summed E-state index contributed by atoms with van der Waals surface area (Å²) in [5, 5.41) is 34.1. The minimum absolute atomic E-state index is 0. The third kappa shape index (κ3) is 6.13. The molecule has 4 N–H and O–H groups in total. The van der Waals surface area contributed by atoms with Crippen LogP contribution in [0.3, 0.4) is 0 Å². The van der Waals surface area contributed by atoms with E-state index in [0.29, 0.717) is 0 Å². The van der Waals surface area contributed by atoms with Gasteiger partial charge in [0.25, 0.3) is 0 Å². The van der Waals surface area contributed by atoms with Gasteiger partial charge in [-0.25, -0.2) is 0 Å². The van der Waals surface area contributed by atoms with Crippen LogP contribution in [0, 0.1) is 11.8 Å². The standard InChI is InChI=1S/C8H10O8.CH4/c9-5(10)1-3(7(13)14)4(8(15)16)2-6(11)12;/h3-4H,1-2H2,(H,9,10)(H,11,12)(H,13,14)(H,15,16);1H4. The fraction of sp³-hybridized carbons (Fsp3) is 0.556. The van der Waals surface area contributed by atoms with E-state index in [1.807, 2.05) is 0 Å². The Morgan fingerprint density at radius 1 is 0.706 bits per heavy atom. The molecule has 0 fully saturated rings. The highest BCUT2D eigenvalue weighted by atomic mass is 16.4. The number of hydrogen-bond acceptors (Lipinski definition) is 4. The third-order valence-corrected chi connectivity index (χ3v) is 1.91. The second-order valence-corrected chi connectivity index (χ2v) is 3.09. The van der Waals surface area contributed by atoms with E-state index in [4.69, 9.17) is 20.4 Å². The second-order valence-electron chi connectivity index (χ2n) is 3.09. The largest absolute Gasteiger partial charge is 0.481 e. The van der Waals surface area contributed by atoms with Gasteiger partial charge in [0.1, 0.15) is 0 Å². The summed E-state index contributed by atoms with van der Waals surface area (Å²) in [5.41, 5.74) is 0. The molecule has 0 aromatic rings. The van der Waals surface area contributed by atoms with Crippen molar-refractivity contribution in [1.29, 1.82) is 0 Å². The van der Waals surface area contributed by atoms with E-state index in [-0.39, 0.29) is 7.43 Å². The van der Waals surface area contributed by atoms with E-state index in [0.717, 1.165) is 0 Å². The molecule has 2 atom stereocenters. The Balaban J connectivity index is 0. The summed E-state index contributed by atoms with van der Waals surface area (Å²) < 4.78 is 0. The van der Waals surface area contributed by atoms with Gasteiger partial charge in [-0.05, 0) is 0 Å². The van der Waals surface area contributed by atoms with E-state index in [2.05, 4.69) is 0 Å². The quantitative estimate of drug-likeness (QED) is 0.492. The lowest BCUT2D eigenvalue weighted by Gasteiger charge is -2.16. The Morgan fingerprint density at radius 3 is 1.06 bits per heavy atom. The predicted octanol–water partition coefficient (Wildman–Crippen LogP) is -0.0265. The first-order chi connectivity index (χ1) is 7.25. The van der Waals surface area contributed by atoms with E-state index in [1.54, 1.807) is 0 Å². The molecule has 0 amide bonds. The van der Waals surface area contributed by atoms with E-state index >= 15 is 0 Å². The van der Waals surface area contributed by atoms with Crippen LogP contribution in [-0.2, 0) is 19.2 Å². The molecule has 0 aliphatic heterocycles. The van der Waals surface area contributed by atoms with Gasteiger partial charge in [0, 0.05) is 0 Å². The van der Waals surface area contributed by atoms with Gasteiger partial charge in [-0.3, -0.25) is 19.2 Å². The van der Waals surface area contributed by atoms with Crippen LogP contribution in [0.15, 0.2) is 0 Å². The van der Waals surface area contributed by atoms with Gasteiger partial charge in [-0.1, -0.05) is 7.43 Å². The molecule has 0 rings (SSSR count). The summed E-state index contributed by atoms with van der Waals surface area (Å²) in [6, 6.07) is 0. The molecule has 0 aliphatic carbocycles. The molecule has 2 unspecified atom stereocenters. The van der Waals surface area contributed by atoms with Crippen molar-refractivity contribution in [3.05, 3.63) is 0 Å². The molecule has 0 heterocycles. The van der Waals surface area contributed by atoms with Crippen LogP contribution in [0.25, 0.3) is 0 Å².